The van der Waals surface area contributed by atoms with Crippen molar-refractivity contribution in [2.75, 3.05) is 0 Å². The highest BCUT2D eigenvalue weighted by Gasteiger charge is 2.08. The number of benzene rings is 3. The molecule has 4 nitrogen and oxygen atoms in total. The van der Waals surface area contributed by atoms with Crippen LogP contribution < -0.4 is 0 Å². The molecular formula is C35H43N3O. The van der Waals surface area contributed by atoms with Crippen LogP contribution in [0.2, 0.25) is 0 Å². The molecule has 0 amide bonds. The number of Topliss-reactive ketones (excluding diaryl/α,β-unsaturated/α-hetero) is 1. The van der Waals surface area contributed by atoms with Gasteiger partial charge >= 0.3 is 0 Å². The van der Waals surface area contributed by atoms with Crippen molar-refractivity contribution >= 4 is 22.5 Å². The summed E-state index contributed by atoms with van der Waals surface area (Å²) >= 11 is 0. The Morgan fingerprint density at radius 3 is 2.31 bits per heavy atom. The number of hydrogen-bond donors (Lipinski definition) is 1. The molecule has 0 saturated heterocycles. The van der Waals surface area contributed by atoms with Gasteiger partial charge in [-0.05, 0) is 80.1 Å². The van der Waals surface area contributed by atoms with Gasteiger partial charge in [0.1, 0.15) is 5.82 Å². The van der Waals surface area contributed by atoms with E-state index in [2.05, 4.69) is 54.2 Å². The molecule has 204 valence electrons. The molecule has 3 aromatic carbocycles. The maximum atomic E-state index is 11.1. The van der Waals surface area contributed by atoms with Crippen LogP contribution in [-0.2, 0) is 6.54 Å². The normalized spacial score (nSPS) is 11.3. The van der Waals surface area contributed by atoms with Gasteiger partial charge in [-0.15, -0.1) is 0 Å². The van der Waals surface area contributed by atoms with Crippen molar-refractivity contribution in [1.29, 1.82) is 5.41 Å². The highest BCUT2D eigenvalue weighted by Crippen LogP contribution is 2.20. The third-order valence-electron chi connectivity index (χ3n) is 6.43. The third kappa shape index (κ3) is 9.03. The largest absolute Gasteiger partial charge is 0.324 e. The first kappa shape index (κ1) is 31.2. The smallest absolute Gasteiger partial charge is 0.159 e. The number of carbonyl (C=O) groups excluding carboxylic acids is 1. The second kappa shape index (κ2) is 15.4. The Morgan fingerprint density at radius 1 is 0.974 bits per heavy atom. The predicted molar refractivity (Wildman–Crippen MR) is 167 cm³/mol. The highest BCUT2D eigenvalue weighted by atomic mass is 16.1. The van der Waals surface area contributed by atoms with Gasteiger partial charge < -0.3 is 9.98 Å². The highest BCUT2D eigenvalue weighted by molar-refractivity contribution is 6.06. The molecule has 0 radical (unpaired) electrons. The number of imidazole rings is 1. The summed E-state index contributed by atoms with van der Waals surface area (Å²) in [5, 5.41) is 8.20. The minimum absolute atomic E-state index is 0.144. The number of nitrogens with one attached hydrogen (secondary N) is 1. The molecule has 1 heterocycles. The molecule has 0 spiro atoms. The van der Waals surface area contributed by atoms with Crippen LogP contribution in [0, 0.1) is 12.3 Å². The Bertz CT molecular complexity index is 1440. The van der Waals surface area contributed by atoms with Gasteiger partial charge in [0.25, 0.3) is 0 Å². The minimum Gasteiger partial charge on any atom is -0.324 e. The van der Waals surface area contributed by atoms with Crippen molar-refractivity contribution in [3.63, 3.8) is 0 Å². The second-order valence-electron chi connectivity index (χ2n) is 9.52. The van der Waals surface area contributed by atoms with Crippen molar-refractivity contribution in [2.45, 2.75) is 67.3 Å². The Balaban J connectivity index is 0.000000301. The zero-order valence-electron chi connectivity index (χ0n) is 24.6. The standard InChI is InChI=1S/C21H21N3.C12H16O.C2H6/c1-15(2)11-12-19(22)18-8-6-7-17(13-18)14-24-16(3)23-20-9-4-5-10-21(20)24;1-4-9(2)11-6-5-7-12(8-11)10(3)13;1-2/h4-13,22H,1,14H2,2-3H3;5-9H,4H2,1-3H3;1-2H3/b12-11-,22-19?;;. The third-order valence-corrected chi connectivity index (χ3v) is 6.43. The maximum absolute atomic E-state index is 11.1. The molecule has 0 bridgehead atoms. The van der Waals surface area contributed by atoms with Gasteiger partial charge in [-0.1, -0.05) is 94.5 Å². The van der Waals surface area contributed by atoms with Gasteiger partial charge in [-0.25, -0.2) is 4.98 Å². The van der Waals surface area contributed by atoms with E-state index in [1.165, 1.54) is 5.56 Å². The number of para-hydroxylation sites is 2. The fourth-order valence-corrected chi connectivity index (χ4v) is 4.04. The van der Waals surface area contributed by atoms with E-state index in [1.54, 1.807) is 13.0 Å². The van der Waals surface area contributed by atoms with Crippen LogP contribution in [-0.4, -0.2) is 21.0 Å². The van der Waals surface area contributed by atoms with Crippen LogP contribution in [0.3, 0.4) is 0 Å². The molecule has 1 aromatic heterocycles. The van der Waals surface area contributed by atoms with Crippen LogP contribution in [0.15, 0.2) is 97.1 Å². The fourth-order valence-electron chi connectivity index (χ4n) is 4.04. The number of nitrogens with zero attached hydrogens (tertiary/aromatic N) is 2. The molecule has 0 saturated carbocycles. The van der Waals surface area contributed by atoms with Gasteiger partial charge in [-0.3, -0.25) is 4.79 Å². The first-order valence-electron chi connectivity index (χ1n) is 13.7. The van der Waals surface area contributed by atoms with Crippen LogP contribution in [0.25, 0.3) is 11.0 Å². The number of rotatable bonds is 8. The Kier molecular flexibility index (Phi) is 12.3. The molecule has 0 aliphatic rings. The number of allylic oxidation sites excluding steroid dienone is 3. The SMILES string of the molecule is C=C(C)/C=C\C(=N)c1cccc(Cn2c(C)nc3ccccc32)c1.CC.CCC(C)c1cccc(C(C)=O)c1. The lowest BCUT2D eigenvalue weighted by atomic mass is 9.96. The average molecular weight is 522 g/mol. The first-order valence-corrected chi connectivity index (χ1v) is 13.7. The summed E-state index contributed by atoms with van der Waals surface area (Å²) in [5.74, 6) is 1.68. The number of hydrogen-bond acceptors (Lipinski definition) is 3. The zero-order chi connectivity index (χ0) is 28.9. The molecule has 0 aliphatic carbocycles. The maximum Gasteiger partial charge on any atom is 0.159 e. The number of carbonyl (C=O) groups is 1. The molecule has 4 aromatic rings. The van der Waals surface area contributed by atoms with E-state index in [0.29, 0.717) is 11.6 Å². The van der Waals surface area contributed by atoms with Gasteiger partial charge in [0.05, 0.1) is 16.7 Å². The van der Waals surface area contributed by atoms with Crippen LogP contribution in [0.1, 0.15) is 86.8 Å². The van der Waals surface area contributed by atoms with E-state index in [1.807, 2.05) is 82.3 Å². The lowest BCUT2D eigenvalue weighted by molar-refractivity contribution is 0.101. The van der Waals surface area contributed by atoms with Crippen molar-refractivity contribution in [2.24, 2.45) is 0 Å². The Labute approximate surface area is 234 Å². The Morgan fingerprint density at radius 2 is 1.64 bits per heavy atom. The molecule has 1 unspecified atom stereocenters. The molecule has 39 heavy (non-hydrogen) atoms. The van der Waals surface area contributed by atoms with Crippen LogP contribution >= 0.6 is 0 Å². The van der Waals surface area contributed by atoms with E-state index in [9.17, 15) is 4.79 Å². The summed E-state index contributed by atoms with van der Waals surface area (Å²) < 4.78 is 2.21. The summed E-state index contributed by atoms with van der Waals surface area (Å²) in [7, 11) is 0. The molecule has 4 heteroatoms. The molecule has 0 fully saturated rings. The summed E-state index contributed by atoms with van der Waals surface area (Å²) in [6.45, 7) is 18.5. The second-order valence-corrected chi connectivity index (χ2v) is 9.52. The Hall–Kier alpha value is -4.05. The van der Waals surface area contributed by atoms with E-state index in [-0.39, 0.29) is 5.78 Å². The molecule has 1 atom stereocenters. The summed E-state index contributed by atoms with van der Waals surface area (Å²) in [4.78, 5) is 15.7. The van der Waals surface area contributed by atoms with E-state index >= 15 is 0 Å². The van der Waals surface area contributed by atoms with Gasteiger partial charge in [-0.2, -0.15) is 0 Å². The summed E-state index contributed by atoms with van der Waals surface area (Å²) in [6, 6.07) is 24.2. The number of fused-ring (bicyclic) bond motifs is 1. The first-order chi connectivity index (χ1) is 18.7. The molecular weight excluding hydrogens is 478 g/mol. The fraction of sp³-hybridized carbons (Fsp3) is 0.286. The number of ketones is 1. The molecule has 1 N–H and O–H groups in total. The summed E-state index contributed by atoms with van der Waals surface area (Å²) in [5.41, 5.74) is 7.73. The van der Waals surface area contributed by atoms with Crippen molar-refractivity contribution in [3.05, 3.63) is 125 Å². The topological polar surface area (TPSA) is 58.7 Å². The van der Waals surface area contributed by atoms with Gasteiger partial charge in [0, 0.05) is 12.1 Å². The molecule has 0 aliphatic heterocycles. The van der Waals surface area contributed by atoms with Crippen LogP contribution in [0.5, 0.6) is 0 Å². The van der Waals surface area contributed by atoms with Crippen molar-refractivity contribution < 1.29 is 4.79 Å². The zero-order valence-corrected chi connectivity index (χ0v) is 24.6. The quantitative estimate of drug-likeness (QED) is 0.143. The molecule has 4 rings (SSSR count). The van der Waals surface area contributed by atoms with Crippen molar-refractivity contribution in [3.8, 4) is 0 Å². The van der Waals surface area contributed by atoms with Gasteiger partial charge in [0.15, 0.2) is 5.78 Å². The monoisotopic (exact) mass is 521 g/mol. The number of aromatic nitrogens is 2. The lowest BCUT2D eigenvalue weighted by Crippen LogP contribution is -2.03. The van der Waals surface area contributed by atoms with E-state index < -0.39 is 0 Å². The number of aryl methyl sites for hydroxylation is 1. The average Bonchev–Trinajstić information content (AvgIpc) is 3.27. The van der Waals surface area contributed by atoms with Gasteiger partial charge in [0.2, 0.25) is 0 Å². The lowest BCUT2D eigenvalue weighted by Gasteiger charge is -2.09. The van der Waals surface area contributed by atoms with E-state index in [0.717, 1.165) is 52.1 Å². The summed E-state index contributed by atoms with van der Waals surface area (Å²) in [6.07, 6.45) is 4.77. The van der Waals surface area contributed by atoms with Crippen molar-refractivity contribution in [1.82, 2.24) is 9.55 Å². The van der Waals surface area contributed by atoms with Crippen LogP contribution in [0.4, 0.5) is 0 Å². The minimum atomic E-state index is 0.144. The predicted octanol–water partition coefficient (Wildman–Crippen LogP) is 9.32. The van der Waals surface area contributed by atoms with E-state index in [4.69, 9.17) is 5.41 Å².